The van der Waals surface area contributed by atoms with Crippen LogP contribution in [0.2, 0.25) is 0 Å². The highest BCUT2D eigenvalue weighted by Gasteiger charge is 2.32. The van der Waals surface area contributed by atoms with Gasteiger partial charge >= 0.3 is 0 Å². The summed E-state index contributed by atoms with van der Waals surface area (Å²) >= 11 is 1.17. The Morgan fingerprint density at radius 1 is 1.57 bits per heavy atom. The number of ether oxygens (including phenoxy) is 1. The lowest BCUT2D eigenvalue weighted by molar-refractivity contribution is 0.161. The van der Waals surface area contributed by atoms with Gasteiger partial charge in [0.15, 0.2) is 9.84 Å². The van der Waals surface area contributed by atoms with Crippen molar-refractivity contribution in [2.45, 2.75) is 18.2 Å². The molecule has 1 aromatic rings. The SMILES string of the molecule is CCS(=O)(=O)c1c(N2CCC(COC)C2)sc(C#N)c1N. The van der Waals surface area contributed by atoms with Gasteiger partial charge in [0.25, 0.3) is 0 Å². The number of anilines is 2. The second-order valence-electron chi connectivity index (χ2n) is 5.05. The highest BCUT2D eigenvalue weighted by molar-refractivity contribution is 7.91. The molecule has 2 N–H and O–H groups in total. The molecule has 1 aromatic heterocycles. The van der Waals surface area contributed by atoms with E-state index in [1.54, 1.807) is 14.0 Å². The lowest BCUT2D eigenvalue weighted by atomic mass is 10.1. The van der Waals surface area contributed by atoms with Crippen LogP contribution in [0.4, 0.5) is 10.7 Å². The van der Waals surface area contributed by atoms with E-state index in [0.29, 0.717) is 17.5 Å². The lowest BCUT2D eigenvalue weighted by Crippen LogP contribution is -2.22. The predicted molar refractivity (Wildman–Crippen MR) is 83.4 cm³/mol. The average Bonchev–Trinajstić information content (AvgIpc) is 3.03. The molecule has 6 nitrogen and oxygen atoms in total. The highest BCUT2D eigenvalue weighted by Crippen LogP contribution is 2.43. The number of hydrogen-bond acceptors (Lipinski definition) is 7. The molecule has 0 bridgehead atoms. The van der Waals surface area contributed by atoms with Gasteiger partial charge in [0.1, 0.15) is 20.8 Å². The molecule has 1 atom stereocenters. The smallest absolute Gasteiger partial charge is 0.183 e. The molecule has 8 heteroatoms. The van der Waals surface area contributed by atoms with Crippen molar-refractivity contribution in [3.8, 4) is 6.07 Å². The van der Waals surface area contributed by atoms with Crippen LogP contribution in [-0.4, -0.2) is 41.0 Å². The van der Waals surface area contributed by atoms with Gasteiger partial charge in [0.2, 0.25) is 0 Å². The molecule has 0 radical (unpaired) electrons. The summed E-state index contributed by atoms with van der Waals surface area (Å²) in [7, 11) is -1.80. The predicted octanol–water partition coefficient (Wildman–Crippen LogP) is 1.47. The normalized spacial score (nSPS) is 18.9. The maximum absolute atomic E-state index is 12.3. The van der Waals surface area contributed by atoms with Crippen molar-refractivity contribution < 1.29 is 13.2 Å². The van der Waals surface area contributed by atoms with Crippen molar-refractivity contribution in [1.82, 2.24) is 0 Å². The molecule has 21 heavy (non-hydrogen) atoms. The number of rotatable bonds is 5. The fourth-order valence-electron chi connectivity index (χ4n) is 2.54. The molecule has 2 rings (SSSR count). The minimum absolute atomic E-state index is 0.0266. The third kappa shape index (κ3) is 3.00. The molecule has 116 valence electrons. The van der Waals surface area contributed by atoms with Crippen LogP contribution in [0.5, 0.6) is 0 Å². The van der Waals surface area contributed by atoms with Crippen molar-refractivity contribution in [3.05, 3.63) is 4.88 Å². The van der Waals surface area contributed by atoms with E-state index in [1.807, 2.05) is 11.0 Å². The summed E-state index contributed by atoms with van der Waals surface area (Å²) in [6, 6.07) is 1.99. The number of sulfone groups is 1. The Morgan fingerprint density at radius 2 is 2.29 bits per heavy atom. The van der Waals surface area contributed by atoms with Gasteiger partial charge in [0, 0.05) is 26.1 Å². The highest BCUT2D eigenvalue weighted by atomic mass is 32.2. The number of methoxy groups -OCH3 is 1. The zero-order valence-corrected chi connectivity index (χ0v) is 13.8. The summed E-state index contributed by atoms with van der Waals surface area (Å²) in [5.41, 5.74) is 5.99. The second-order valence-corrected chi connectivity index (χ2v) is 8.26. The fraction of sp³-hybridized carbons (Fsp3) is 0.615. The fourth-order valence-corrected chi connectivity index (χ4v) is 5.18. The molecule has 1 fully saturated rings. The van der Waals surface area contributed by atoms with E-state index < -0.39 is 9.84 Å². The lowest BCUT2D eigenvalue weighted by Gasteiger charge is -2.18. The molecule has 0 aliphatic carbocycles. The zero-order chi connectivity index (χ0) is 15.6. The molecule has 0 spiro atoms. The standard InChI is InChI=1S/C13H19N3O3S2/c1-3-21(17,18)12-11(15)10(6-14)20-13(12)16-5-4-9(7-16)8-19-2/h9H,3-5,7-8,15H2,1-2H3. The van der Waals surface area contributed by atoms with Crippen LogP contribution in [0.15, 0.2) is 4.90 Å². The van der Waals surface area contributed by atoms with Gasteiger partial charge in [-0.15, -0.1) is 11.3 Å². The summed E-state index contributed by atoms with van der Waals surface area (Å²) < 4.78 is 29.8. The largest absolute Gasteiger partial charge is 0.396 e. The molecule has 1 unspecified atom stereocenters. The van der Waals surface area contributed by atoms with Crippen LogP contribution in [0, 0.1) is 17.2 Å². The third-order valence-electron chi connectivity index (χ3n) is 3.65. The summed E-state index contributed by atoms with van der Waals surface area (Å²) in [6.07, 6.45) is 0.944. The molecule has 1 saturated heterocycles. The zero-order valence-electron chi connectivity index (χ0n) is 12.1. The van der Waals surface area contributed by atoms with Crippen LogP contribution < -0.4 is 10.6 Å². The van der Waals surface area contributed by atoms with Gasteiger partial charge in [0.05, 0.1) is 18.0 Å². The van der Waals surface area contributed by atoms with Gasteiger partial charge in [-0.05, 0) is 6.42 Å². The van der Waals surface area contributed by atoms with Crippen LogP contribution >= 0.6 is 11.3 Å². The molecule has 0 aromatic carbocycles. The van der Waals surface area contributed by atoms with E-state index in [9.17, 15) is 8.42 Å². The Hall–Kier alpha value is -1.30. The van der Waals surface area contributed by atoms with E-state index in [-0.39, 0.29) is 21.2 Å². The Kier molecular flexibility index (Phi) is 4.76. The second kappa shape index (κ2) is 6.22. The first kappa shape index (κ1) is 16.1. The number of nitriles is 1. The number of thiophene rings is 1. The molecular formula is C13H19N3O3S2. The van der Waals surface area contributed by atoms with Crippen molar-refractivity contribution in [3.63, 3.8) is 0 Å². The van der Waals surface area contributed by atoms with Crippen LogP contribution in [0.25, 0.3) is 0 Å². The van der Waals surface area contributed by atoms with Crippen molar-refractivity contribution in [2.75, 3.05) is 43.2 Å². The van der Waals surface area contributed by atoms with Crippen molar-refractivity contribution in [2.24, 2.45) is 5.92 Å². The Bertz CT molecular complexity index is 661. The average molecular weight is 329 g/mol. The van der Waals surface area contributed by atoms with E-state index in [1.165, 1.54) is 11.3 Å². The maximum atomic E-state index is 12.3. The summed E-state index contributed by atoms with van der Waals surface area (Å²) in [6.45, 7) is 3.72. The number of nitrogen functional groups attached to an aromatic ring is 1. The maximum Gasteiger partial charge on any atom is 0.183 e. The monoisotopic (exact) mass is 329 g/mol. The van der Waals surface area contributed by atoms with Gasteiger partial charge in [-0.2, -0.15) is 5.26 Å². The molecular weight excluding hydrogens is 310 g/mol. The van der Waals surface area contributed by atoms with E-state index in [4.69, 9.17) is 15.7 Å². The number of hydrogen-bond donors (Lipinski definition) is 1. The number of nitrogens with zero attached hydrogens (tertiary/aromatic N) is 2. The Morgan fingerprint density at radius 3 is 2.86 bits per heavy atom. The summed E-state index contributed by atoms with van der Waals surface area (Å²) in [5.74, 6) is 0.349. The third-order valence-corrected chi connectivity index (χ3v) is 6.75. The van der Waals surface area contributed by atoms with Gasteiger partial charge in [-0.3, -0.25) is 0 Å². The molecule has 1 aliphatic rings. The first-order chi connectivity index (χ1) is 9.94. The topological polar surface area (TPSA) is 96.4 Å². The van der Waals surface area contributed by atoms with Crippen LogP contribution in [0.3, 0.4) is 0 Å². The van der Waals surface area contributed by atoms with E-state index in [2.05, 4.69) is 0 Å². The van der Waals surface area contributed by atoms with Gasteiger partial charge in [-0.1, -0.05) is 6.92 Å². The van der Waals surface area contributed by atoms with Gasteiger partial charge < -0.3 is 15.4 Å². The Labute approximate surface area is 129 Å². The molecule has 0 amide bonds. The first-order valence-corrected chi connectivity index (χ1v) is 9.20. The molecule has 2 heterocycles. The van der Waals surface area contributed by atoms with Crippen molar-refractivity contribution in [1.29, 1.82) is 5.26 Å². The van der Waals surface area contributed by atoms with Crippen LogP contribution in [0.1, 0.15) is 18.2 Å². The van der Waals surface area contributed by atoms with Crippen molar-refractivity contribution >= 4 is 31.9 Å². The Balaban J connectivity index is 2.43. The minimum Gasteiger partial charge on any atom is -0.396 e. The minimum atomic E-state index is -3.45. The first-order valence-electron chi connectivity index (χ1n) is 6.73. The molecule has 1 aliphatic heterocycles. The van der Waals surface area contributed by atoms with Crippen LogP contribution in [-0.2, 0) is 14.6 Å². The van der Waals surface area contributed by atoms with E-state index in [0.717, 1.165) is 19.5 Å². The molecule has 0 saturated carbocycles. The quantitative estimate of drug-likeness (QED) is 0.878. The van der Waals surface area contributed by atoms with E-state index >= 15 is 0 Å². The van der Waals surface area contributed by atoms with Gasteiger partial charge in [-0.25, -0.2) is 8.42 Å². The summed E-state index contributed by atoms with van der Waals surface area (Å²) in [4.78, 5) is 2.41. The number of nitrogens with two attached hydrogens (primary N) is 1. The summed E-state index contributed by atoms with van der Waals surface area (Å²) in [5, 5.41) is 9.72.